The van der Waals surface area contributed by atoms with E-state index in [0.29, 0.717) is 12.0 Å². The fourth-order valence-electron chi connectivity index (χ4n) is 5.86. The number of hydrogen-bond acceptors (Lipinski definition) is 4. The van der Waals surface area contributed by atoms with Crippen LogP contribution in [0.2, 0.25) is 0 Å². The predicted octanol–water partition coefficient (Wildman–Crippen LogP) is 1.73. The van der Waals surface area contributed by atoms with Crippen LogP contribution in [0.4, 0.5) is 0 Å². The van der Waals surface area contributed by atoms with Gasteiger partial charge in [0.1, 0.15) is 6.10 Å². The quantitative estimate of drug-likeness (QED) is 0.858. The summed E-state index contributed by atoms with van der Waals surface area (Å²) in [4.78, 5) is 2.52. The van der Waals surface area contributed by atoms with Gasteiger partial charge in [0.15, 0.2) is 11.5 Å². The molecule has 5 rings (SSSR count). The van der Waals surface area contributed by atoms with E-state index in [2.05, 4.69) is 18.0 Å². The van der Waals surface area contributed by atoms with Gasteiger partial charge in [-0.25, -0.2) is 0 Å². The SMILES string of the molecule is COc1ccc2c3c1O[C@@H]1C(O)CC[C@@H]4[C@H](C2)N(C)CCC314. The van der Waals surface area contributed by atoms with Crippen LogP contribution in [0, 0.1) is 5.92 Å². The molecule has 1 saturated heterocycles. The maximum absolute atomic E-state index is 10.6. The second-order valence-corrected chi connectivity index (χ2v) is 7.46. The van der Waals surface area contributed by atoms with E-state index in [1.807, 2.05) is 6.07 Å². The third-order valence-electron chi connectivity index (χ3n) is 6.77. The van der Waals surface area contributed by atoms with Crippen molar-refractivity contribution in [1.29, 1.82) is 0 Å². The van der Waals surface area contributed by atoms with Crippen molar-refractivity contribution in [1.82, 2.24) is 4.90 Å². The van der Waals surface area contributed by atoms with Crippen LogP contribution in [-0.4, -0.2) is 49.0 Å². The highest BCUT2D eigenvalue weighted by Crippen LogP contribution is 2.63. The number of aliphatic hydroxyl groups is 1. The van der Waals surface area contributed by atoms with Gasteiger partial charge in [0.05, 0.1) is 13.2 Å². The van der Waals surface area contributed by atoms with Crippen LogP contribution in [0.25, 0.3) is 0 Å². The Morgan fingerprint density at radius 1 is 1.36 bits per heavy atom. The lowest BCUT2D eigenvalue weighted by molar-refractivity contribution is -0.0993. The third-order valence-corrected chi connectivity index (χ3v) is 6.77. The van der Waals surface area contributed by atoms with Gasteiger partial charge in [0.2, 0.25) is 0 Å². The van der Waals surface area contributed by atoms with Crippen molar-refractivity contribution in [2.45, 2.75) is 49.3 Å². The lowest BCUT2D eigenvalue weighted by atomic mass is 9.51. The molecule has 4 nitrogen and oxygen atoms in total. The number of likely N-dealkylation sites (tertiary alicyclic amines) is 1. The molecule has 1 N–H and O–H groups in total. The fourth-order valence-corrected chi connectivity index (χ4v) is 5.86. The highest BCUT2D eigenvalue weighted by Gasteiger charge is 2.65. The van der Waals surface area contributed by atoms with Crippen LogP contribution < -0.4 is 9.47 Å². The first-order valence-corrected chi connectivity index (χ1v) is 8.42. The van der Waals surface area contributed by atoms with Crippen molar-refractivity contribution in [3.05, 3.63) is 23.3 Å². The molecular weight excluding hydrogens is 278 g/mol. The van der Waals surface area contributed by atoms with E-state index in [-0.39, 0.29) is 17.6 Å². The first-order valence-electron chi connectivity index (χ1n) is 8.42. The average molecular weight is 301 g/mol. The summed E-state index contributed by atoms with van der Waals surface area (Å²) in [6.45, 7) is 1.09. The van der Waals surface area contributed by atoms with Gasteiger partial charge in [-0.3, -0.25) is 0 Å². The number of aliphatic hydroxyl groups excluding tert-OH is 1. The Morgan fingerprint density at radius 3 is 3.05 bits per heavy atom. The number of ether oxygens (including phenoxy) is 2. The van der Waals surface area contributed by atoms with Crippen molar-refractivity contribution < 1.29 is 14.6 Å². The molecule has 1 aromatic rings. The van der Waals surface area contributed by atoms with Crippen molar-refractivity contribution in [3.8, 4) is 11.5 Å². The first-order chi connectivity index (χ1) is 10.7. The van der Waals surface area contributed by atoms with Crippen molar-refractivity contribution >= 4 is 0 Å². The van der Waals surface area contributed by atoms with Crippen LogP contribution in [0.3, 0.4) is 0 Å². The molecule has 1 saturated carbocycles. The van der Waals surface area contributed by atoms with E-state index in [0.717, 1.165) is 43.7 Å². The number of likely N-dealkylation sites (N-methyl/N-ethyl adjacent to an activating group) is 1. The van der Waals surface area contributed by atoms with Crippen molar-refractivity contribution in [2.24, 2.45) is 5.92 Å². The third kappa shape index (κ3) is 1.32. The normalized spacial score (nSPS) is 41.8. The Labute approximate surface area is 131 Å². The zero-order valence-electron chi connectivity index (χ0n) is 13.2. The molecule has 2 fully saturated rings. The van der Waals surface area contributed by atoms with Crippen LogP contribution in [-0.2, 0) is 11.8 Å². The van der Waals surface area contributed by atoms with E-state index in [1.54, 1.807) is 7.11 Å². The second kappa shape index (κ2) is 4.18. The van der Waals surface area contributed by atoms with E-state index in [4.69, 9.17) is 9.47 Å². The smallest absolute Gasteiger partial charge is 0.165 e. The predicted molar refractivity (Wildman–Crippen MR) is 82.6 cm³/mol. The molecule has 5 atom stereocenters. The van der Waals surface area contributed by atoms with Gasteiger partial charge in [0, 0.05) is 17.0 Å². The van der Waals surface area contributed by atoms with E-state index >= 15 is 0 Å². The fraction of sp³-hybridized carbons (Fsp3) is 0.667. The zero-order valence-corrected chi connectivity index (χ0v) is 13.2. The Hall–Kier alpha value is -1.26. The molecule has 2 heterocycles. The summed E-state index contributed by atoms with van der Waals surface area (Å²) in [5.41, 5.74) is 2.77. The molecule has 0 amide bonds. The molecular formula is C18H23NO3. The average Bonchev–Trinajstić information content (AvgIpc) is 2.88. The lowest BCUT2D eigenvalue weighted by Crippen LogP contribution is -2.66. The summed E-state index contributed by atoms with van der Waals surface area (Å²) in [7, 11) is 3.96. The molecule has 118 valence electrons. The number of benzene rings is 1. The second-order valence-electron chi connectivity index (χ2n) is 7.46. The number of methoxy groups -OCH3 is 1. The zero-order chi connectivity index (χ0) is 15.1. The van der Waals surface area contributed by atoms with Crippen molar-refractivity contribution in [3.63, 3.8) is 0 Å². The van der Waals surface area contributed by atoms with Crippen LogP contribution in [0.15, 0.2) is 12.1 Å². The molecule has 2 unspecified atom stereocenters. The summed E-state index contributed by atoms with van der Waals surface area (Å²) >= 11 is 0. The summed E-state index contributed by atoms with van der Waals surface area (Å²) in [6, 6.07) is 4.83. The van der Waals surface area contributed by atoms with E-state index < -0.39 is 0 Å². The molecule has 0 aromatic heterocycles. The summed E-state index contributed by atoms with van der Waals surface area (Å²) in [5, 5.41) is 10.6. The maximum atomic E-state index is 10.6. The topological polar surface area (TPSA) is 41.9 Å². The van der Waals surface area contributed by atoms with E-state index in [1.165, 1.54) is 11.1 Å². The Kier molecular flexibility index (Phi) is 2.51. The molecule has 1 aromatic carbocycles. The van der Waals surface area contributed by atoms with Crippen LogP contribution in [0.1, 0.15) is 30.4 Å². The first kappa shape index (κ1) is 13.2. The molecule has 2 bridgehead atoms. The minimum Gasteiger partial charge on any atom is -0.493 e. The molecule has 2 aliphatic heterocycles. The lowest BCUT2D eigenvalue weighted by Gasteiger charge is -2.58. The Balaban J connectivity index is 1.80. The van der Waals surface area contributed by atoms with Crippen molar-refractivity contribution in [2.75, 3.05) is 20.7 Å². The number of hydrogen-bond donors (Lipinski definition) is 1. The summed E-state index contributed by atoms with van der Waals surface area (Å²) < 4.78 is 11.9. The monoisotopic (exact) mass is 301 g/mol. The van der Waals surface area contributed by atoms with Gasteiger partial charge >= 0.3 is 0 Å². The van der Waals surface area contributed by atoms with Gasteiger partial charge in [0.25, 0.3) is 0 Å². The van der Waals surface area contributed by atoms with Gasteiger partial charge in [-0.1, -0.05) is 6.07 Å². The molecule has 4 heteroatoms. The largest absolute Gasteiger partial charge is 0.493 e. The van der Waals surface area contributed by atoms with Crippen LogP contribution >= 0.6 is 0 Å². The van der Waals surface area contributed by atoms with Gasteiger partial charge in [-0.15, -0.1) is 0 Å². The summed E-state index contributed by atoms with van der Waals surface area (Å²) in [6.07, 6.45) is 3.69. The molecule has 1 spiro atoms. The number of nitrogens with zero attached hydrogens (tertiary/aromatic N) is 1. The number of piperidine rings is 1. The molecule has 2 aliphatic carbocycles. The van der Waals surface area contributed by atoms with Gasteiger partial charge < -0.3 is 19.5 Å². The van der Waals surface area contributed by atoms with Crippen LogP contribution in [0.5, 0.6) is 11.5 Å². The standard InChI is InChI=1S/C18H23NO3/c1-19-8-7-18-11-4-5-13(20)17(18)22-16-14(21-2)6-3-10(15(16)18)9-12(11)19/h3,6,11-13,17,20H,4-5,7-9H2,1-2H3/t11-,12+,13?,17-,18?/m1/s1. The minimum atomic E-state index is -0.358. The van der Waals surface area contributed by atoms with Gasteiger partial charge in [-0.2, -0.15) is 0 Å². The highest BCUT2D eigenvalue weighted by atomic mass is 16.5. The summed E-state index contributed by atoms with van der Waals surface area (Å²) in [5.74, 6) is 2.34. The number of rotatable bonds is 1. The Morgan fingerprint density at radius 2 is 2.23 bits per heavy atom. The molecule has 0 radical (unpaired) electrons. The minimum absolute atomic E-state index is 0.00625. The highest BCUT2D eigenvalue weighted by molar-refractivity contribution is 5.61. The molecule has 4 aliphatic rings. The maximum Gasteiger partial charge on any atom is 0.165 e. The Bertz CT molecular complexity index is 645. The molecule has 22 heavy (non-hydrogen) atoms. The van der Waals surface area contributed by atoms with Gasteiger partial charge in [-0.05, 0) is 56.8 Å². The van der Waals surface area contributed by atoms with E-state index in [9.17, 15) is 5.11 Å².